The number of ether oxygens (including phenoxy) is 1. The van der Waals surface area contributed by atoms with Gasteiger partial charge in [-0.1, -0.05) is 43.3 Å². The van der Waals surface area contributed by atoms with Crippen LogP contribution in [0.4, 0.5) is 0 Å². The Kier molecular flexibility index (Phi) is 3.08. The molecular formula is C17H16O2. The molecule has 0 unspecified atom stereocenters. The Morgan fingerprint density at radius 1 is 1.16 bits per heavy atom. The molecule has 1 atom stereocenters. The minimum atomic E-state index is -0.142. The highest BCUT2D eigenvalue weighted by Gasteiger charge is 2.22. The van der Waals surface area contributed by atoms with Crippen LogP contribution in [0.25, 0.3) is 10.8 Å². The summed E-state index contributed by atoms with van der Waals surface area (Å²) >= 11 is 0. The van der Waals surface area contributed by atoms with E-state index in [4.69, 9.17) is 4.74 Å². The van der Waals surface area contributed by atoms with Crippen LogP contribution in [0.1, 0.15) is 31.4 Å². The molecule has 0 radical (unpaired) electrons. The molecule has 2 aromatic rings. The zero-order chi connectivity index (χ0) is 13.2. The van der Waals surface area contributed by atoms with Crippen molar-refractivity contribution < 1.29 is 9.53 Å². The van der Waals surface area contributed by atoms with E-state index in [2.05, 4.69) is 30.3 Å². The molecule has 0 amide bonds. The number of benzene rings is 2. The zero-order valence-electron chi connectivity index (χ0n) is 10.9. The van der Waals surface area contributed by atoms with Crippen LogP contribution in [-0.2, 0) is 9.53 Å². The molecule has 2 nitrogen and oxygen atoms in total. The molecule has 0 bridgehead atoms. The van der Waals surface area contributed by atoms with E-state index in [1.165, 1.54) is 10.8 Å². The fourth-order valence-electron chi connectivity index (χ4n) is 2.46. The average Bonchev–Trinajstić information content (AvgIpc) is 2.46. The van der Waals surface area contributed by atoms with E-state index in [0.717, 1.165) is 17.7 Å². The molecule has 0 spiro atoms. The maximum atomic E-state index is 11.7. The number of carbonyl (C=O) groups excluding carboxylic acids is 1. The number of ketones is 1. The fourth-order valence-corrected chi connectivity index (χ4v) is 2.46. The Balaban J connectivity index is 1.96. The molecule has 0 saturated carbocycles. The van der Waals surface area contributed by atoms with E-state index < -0.39 is 0 Å². The second kappa shape index (κ2) is 4.88. The van der Waals surface area contributed by atoms with Gasteiger partial charge in [0.25, 0.3) is 0 Å². The first kappa shape index (κ1) is 12.0. The van der Waals surface area contributed by atoms with Gasteiger partial charge in [0.1, 0.15) is 11.9 Å². The van der Waals surface area contributed by atoms with Gasteiger partial charge in [-0.25, -0.2) is 0 Å². The van der Waals surface area contributed by atoms with Crippen LogP contribution in [0.3, 0.4) is 0 Å². The molecule has 1 aliphatic rings. The lowest BCUT2D eigenvalue weighted by atomic mass is 9.98. The molecule has 2 heteroatoms. The molecular weight excluding hydrogens is 236 g/mol. The van der Waals surface area contributed by atoms with Crippen molar-refractivity contribution in [3.05, 3.63) is 59.9 Å². The summed E-state index contributed by atoms with van der Waals surface area (Å²) in [6, 6.07) is 14.5. The first-order chi connectivity index (χ1) is 9.26. The van der Waals surface area contributed by atoms with E-state index in [9.17, 15) is 4.79 Å². The van der Waals surface area contributed by atoms with Crippen molar-refractivity contribution in [2.24, 2.45) is 0 Å². The molecule has 0 aliphatic carbocycles. The Morgan fingerprint density at radius 3 is 2.74 bits per heavy atom. The van der Waals surface area contributed by atoms with Crippen LogP contribution < -0.4 is 0 Å². The quantitative estimate of drug-likeness (QED) is 0.802. The molecule has 96 valence electrons. The van der Waals surface area contributed by atoms with Crippen molar-refractivity contribution in [1.82, 2.24) is 0 Å². The number of hydrogen-bond donors (Lipinski definition) is 0. The van der Waals surface area contributed by atoms with Gasteiger partial charge >= 0.3 is 0 Å². The molecule has 2 aromatic carbocycles. The average molecular weight is 252 g/mol. The minimum absolute atomic E-state index is 0.142. The topological polar surface area (TPSA) is 26.3 Å². The monoisotopic (exact) mass is 252 g/mol. The summed E-state index contributed by atoms with van der Waals surface area (Å²) in [5, 5.41) is 2.39. The van der Waals surface area contributed by atoms with Gasteiger partial charge in [-0.2, -0.15) is 0 Å². The smallest absolute Gasteiger partial charge is 0.163 e. The van der Waals surface area contributed by atoms with Crippen LogP contribution >= 0.6 is 0 Å². The van der Waals surface area contributed by atoms with Crippen molar-refractivity contribution in [2.45, 2.75) is 25.9 Å². The first-order valence-corrected chi connectivity index (χ1v) is 6.65. The van der Waals surface area contributed by atoms with Gasteiger partial charge in [0.2, 0.25) is 0 Å². The summed E-state index contributed by atoms with van der Waals surface area (Å²) in [6.45, 7) is 2.00. The third-order valence-corrected chi connectivity index (χ3v) is 3.50. The number of hydrogen-bond acceptors (Lipinski definition) is 2. The maximum Gasteiger partial charge on any atom is 0.163 e. The van der Waals surface area contributed by atoms with Crippen LogP contribution in [-0.4, -0.2) is 5.78 Å². The molecule has 3 rings (SSSR count). The SMILES string of the molecule is CCC1=CC(=O)C[C@@H](c2ccc3ccccc3c2)O1. The first-order valence-electron chi connectivity index (χ1n) is 6.65. The summed E-state index contributed by atoms with van der Waals surface area (Å²) in [6.07, 6.45) is 2.67. The predicted octanol–water partition coefficient (Wildman–Crippen LogP) is 4.16. The summed E-state index contributed by atoms with van der Waals surface area (Å²) in [5.74, 6) is 0.940. The molecule has 0 aromatic heterocycles. The highest BCUT2D eigenvalue weighted by Crippen LogP contribution is 2.31. The molecule has 0 N–H and O–H groups in total. The Labute approximate surface area is 112 Å². The van der Waals surface area contributed by atoms with Gasteiger partial charge in [0.15, 0.2) is 5.78 Å². The third-order valence-electron chi connectivity index (χ3n) is 3.50. The Morgan fingerprint density at radius 2 is 1.95 bits per heavy atom. The molecule has 1 aliphatic heterocycles. The lowest BCUT2D eigenvalue weighted by molar-refractivity contribution is -0.118. The minimum Gasteiger partial charge on any atom is -0.489 e. The van der Waals surface area contributed by atoms with Crippen molar-refractivity contribution >= 4 is 16.6 Å². The second-order valence-corrected chi connectivity index (χ2v) is 4.85. The number of fused-ring (bicyclic) bond motifs is 1. The van der Waals surface area contributed by atoms with E-state index >= 15 is 0 Å². The summed E-state index contributed by atoms with van der Waals surface area (Å²) < 4.78 is 5.88. The number of carbonyl (C=O) groups is 1. The van der Waals surface area contributed by atoms with Gasteiger partial charge < -0.3 is 4.74 Å². The second-order valence-electron chi connectivity index (χ2n) is 4.85. The standard InChI is InChI=1S/C17H16O2/c1-2-16-10-15(18)11-17(19-16)14-8-7-12-5-3-4-6-13(12)9-14/h3-10,17H,2,11H2,1H3/t17-/m0/s1. The molecule has 19 heavy (non-hydrogen) atoms. The summed E-state index contributed by atoms with van der Waals surface area (Å²) in [4.78, 5) is 11.7. The van der Waals surface area contributed by atoms with Gasteiger partial charge in [-0.05, 0) is 22.4 Å². The van der Waals surface area contributed by atoms with Crippen LogP contribution in [0.2, 0.25) is 0 Å². The van der Waals surface area contributed by atoms with E-state index in [0.29, 0.717) is 6.42 Å². The van der Waals surface area contributed by atoms with Crippen LogP contribution in [0, 0.1) is 0 Å². The number of rotatable bonds is 2. The largest absolute Gasteiger partial charge is 0.489 e. The van der Waals surface area contributed by atoms with Crippen LogP contribution in [0.5, 0.6) is 0 Å². The van der Waals surface area contributed by atoms with Gasteiger partial charge in [-0.3, -0.25) is 4.79 Å². The highest BCUT2D eigenvalue weighted by molar-refractivity contribution is 5.91. The Bertz CT molecular complexity index is 655. The normalized spacial score (nSPS) is 19.1. The van der Waals surface area contributed by atoms with Crippen LogP contribution in [0.15, 0.2) is 54.3 Å². The van der Waals surface area contributed by atoms with Crippen molar-refractivity contribution in [3.63, 3.8) is 0 Å². The summed E-state index contributed by atoms with van der Waals surface area (Å²) in [7, 11) is 0. The van der Waals surface area contributed by atoms with E-state index in [1.807, 2.05) is 19.1 Å². The van der Waals surface area contributed by atoms with E-state index in [1.54, 1.807) is 6.08 Å². The molecule has 1 heterocycles. The van der Waals surface area contributed by atoms with Crippen molar-refractivity contribution in [2.75, 3.05) is 0 Å². The molecule has 0 fully saturated rings. The number of allylic oxidation sites excluding steroid dienone is 2. The maximum absolute atomic E-state index is 11.7. The summed E-state index contributed by atoms with van der Waals surface area (Å²) in [5.41, 5.74) is 1.08. The van der Waals surface area contributed by atoms with E-state index in [-0.39, 0.29) is 11.9 Å². The Hall–Kier alpha value is -2.09. The van der Waals surface area contributed by atoms with Gasteiger partial charge in [0, 0.05) is 12.5 Å². The third kappa shape index (κ3) is 2.39. The highest BCUT2D eigenvalue weighted by atomic mass is 16.5. The molecule has 0 saturated heterocycles. The zero-order valence-corrected chi connectivity index (χ0v) is 10.9. The van der Waals surface area contributed by atoms with Crippen molar-refractivity contribution in [1.29, 1.82) is 0 Å². The fraction of sp³-hybridized carbons (Fsp3) is 0.235. The lowest BCUT2D eigenvalue weighted by Gasteiger charge is -2.24. The van der Waals surface area contributed by atoms with Crippen molar-refractivity contribution in [3.8, 4) is 0 Å². The lowest BCUT2D eigenvalue weighted by Crippen LogP contribution is -2.15. The van der Waals surface area contributed by atoms with Gasteiger partial charge in [0.05, 0.1) is 6.42 Å². The van der Waals surface area contributed by atoms with Gasteiger partial charge in [-0.15, -0.1) is 0 Å². The predicted molar refractivity (Wildman–Crippen MR) is 75.8 cm³/mol.